The molecule has 0 bridgehead atoms. The van der Waals surface area contributed by atoms with Crippen molar-refractivity contribution in [2.45, 2.75) is 26.2 Å². The molecule has 0 spiro atoms. The van der Waals surface area contributed by atoms with Gasteiger partial charge in [-0.05, 0) is 49.5 Å². The lowest BCUT2D eigenvalue weighted by Gasteiger charge is -2.07. The molecule has 0 aliphatic carbocycles. The van der Waals surface area contributed by atoms with Gasteiger partial charge in [-0.1, -0.05) is 24.3 Å². The molecule has 4 heteroatoms. The van der Waals surface area contributed by atoms with Crippen LogP contribution >= 0.6 is 11.8 Å². The number of nitrogens with two attached hydrogens (primary N) is 1. The third-order valence-electron chi connectivity index (χ3n) is 3.14. The summed E-state index contributed by atoms with van der Waals surface area (Å²) in [5.74, 6) is 6.99. The molecule has 3 nitrogen and oxygen atoms in total. The Kier molecular flexibility index (Phi) is 8.65. The number of amides is 1. The molecule has 0 radical (unpaired) electrons. The van der Waals surface area contributed by atoms with E-state index in [0.717, 1.165) is 30.5 Å². The summed E-state index contributed by atoms with van der Waals surface area (Å²) in [4.78, 5) is 12.1. The Hall–Kier alpha value is -1.44. The third-order valence-corrected chi connectivity index (χ3v) is 3.83. The van der Waals surface area contributed by atoms with E-state index in [9.17, 15) is 4.79 Å². The van der Waals surface area contributed by atoms with Crippen LogP contribution in [0.25, 0.3) is 0 Å². The molecule has 0 unspecified atom stereocenters. The third kappa shape index (κ3) is 6.70. The van der Waals surface area contributed by atoms with Gasteiger partial charge in [-0.2, -0.15) is 11.8 Å². The minimum atomic E-state index is -0.0318. The van der Waals surface area contributed by atoms with Gasteiger partial charge in [0.05, 0.1) is 6.54 Å². The Labute approximate surface area is 132 Å². The SMILES string of the molecule is CSCCCCCNC(=O)c1ccc(C)c(C#CCN)c1. The molecule has 0 heterocycles. The van der Waals surface area contributed by atoms with Crippen molar-refractivity contribution >= 4 is 17.7 Å². The highest BCUT2D eigenvalue weighted by atomic mass is 32.2. The van der Waals surface area contributed by atoms with E-state index in [-0.39, 0.29) is 5.91 Å². The molecule has 114 valence electrons. The monoisotopic (exact) mass is 304 g/mol. The Morgan fingerprint density at radius 2 is 2.14 bits per heavy atom. The molecule has 1 rings (SSSR count). The van der Waals surface area contributed by atoms with Gasteiger partial charge < -0.3 is 11.1 Å². The molecule has 0 aliphatic rings. The van der Waals surface area contributed by atoms with Crippen LogP contribution in [0.4, 0.5) is 0 Å². The molecule has 0 atom stereocenters. The molecule has 0 saturated heterocycles. The average Bonchev–Trinajstić information content (AvgIpc) is 2.49. The molecule has 1 aromatic rings. The van der Waals surface area contributed by atoms with Crippen molar-refractivity contribution in [1.29, 1.82) is 0 Å². The van der Waals surface area contributed by atoms with Crippen LogP contribution in [0.2, 0.25) is 0 Å². The topological polar surface area (TPSA) is 55.1 Å². The van der Waals surface area contributed by atoms with E-state index in [1.807, 2.05) is 36.9 Å². The largest absolute Gasteiger partial charge is 0.352 e. The van der Waals surface area contributed by atoms with Crippen molar-refractivity contribution in [2.24, 2.45) is 5.73 Å². The van der Waals surface area contributed by atoms with Gasteiger partial charge in [0.25, 0.3) is 5.91 Å². The van der Waals surface area contributed by atoms with Crippen LogP contribution in [0, 0.1) is 18.8 Å². The zero-order valence-electron chi connectivity index (χ0n) is 12.9. The fourth-order valence-electron chi connectivity index (χ4n) is 1.90. The highest BCUT2D eigenvalue weighted by Gasteiger charge is 2.06. The van der Waals surface area contributed by atoms with Crippen LogP contribution in [-0.2, 0) is 0 Å². The second-order valence-electron chi connectivity index (χ2n) is 4.84. The fraction of sp³-hybridized carbons (Fsp3) is 0.471. The lowest BCUT2D eigenvalue weighted by atomic mass is 10.0. The maximum atomic E-state index is 12.1. The van der Waals surface area contributed by atoms with Crippen molar-refractivity contribution in [2.75, 3.05) is 25.1 Å². The molecule has 0 fully saturated rings. The summed E-state index contributed by atoms with van der Waals surface area (Å²) in [5, 5.41) is 2.96. The van der Waals surface area contributed by atoms with Gasteiger partial charge in [-0.3, -0.25) is 4.79 Å². The average molecular weight is 304 g/mol. The maximum absolute atomic E-state index is 12.1. The van der Waals surface area contributed by atoms with Crippen LogP contribution in [-0.4, -0.2) is 31.0 Å². The van der Waals surface area contributed by atoms with E-state index in [2.05, 4.69) is 23.4 Å². The standard InChI is InChI=1S/C17H24N2OS/c1-14-8-9-16(13-15(14)7-6-10-18)17(20)19-11-4-3-5-12-21-2/h8-9,13H,3-5,10-12,18H2,1-2H3,(H,19,20). The van der Waals surface area contributed by atoms with E-state index in [1.54, 1.807) is 0 Å². The molecule has 1 aromatic carbocycles. The molecule has 21 heavy (non-hydrogen) atoms. The molecule has 0 saturated carbocycles. The van der Waals surface area contributed by atoms with E-state index in [1.165, 1.54) is 12.2 Å². The second-order valence-corrected chi connectivity index (χ2v) is 5.83. The zero-order valence-corrected chi connectivity index (χ0v) is 13.7. The Morgan fingerprint density at radius 3 is 2.86 bits per heavy atom. The zero-order chi connectivity index (χ0) is 15.5. The Balaban J connectivity index is 2.50. The quantitative estimate of drug-likeness (QED) is 0.601. The van der Waals surface area contributed by atoms with Crippen molar-refractivity contribution in [3.63, 3.8) is 0 Å². The molecule has 0 aliphatic heterocycles. The van der Waals surface area contributed by atoms with Gasteiger partial charge in [0.2, 0.25) is 0 Å². The Bertz CT molecular complexity index is 517. The summed E-state index contributed by atoms with van der Waals surface area (Å²) in [6.07, 6.45) is 5.50. The predicted molar refractivity (Wildman–Crippen MR) is 91.7 cm³/mol. The van der Waals surface area contributed by atoms with Crippen molar-refractivity contribution in [3.8, 4) is 11.8 Å². The first-order valence-corrected chi connectivity index (χ1v) is 8.65. The number of aryl methyl sites for hydroxylation is 1. The van der Waals surface area contributed by atoms with Crippen LogP contribution in [0.5, 0.6) is 0 Å². The van der Waals surface area contributed by atoms with Gasteiger partial charge in [0.1, 0.15) is 0 Å². The van der Waals surface area contributed by atoms with Gasteiger partial charge in [-0.15, -0.1) is 0 Å². The summed E-state index contributed by atoms with van der Waals surface area (Å²) >= 11 is 1.86. The number of unbranched alkanes of at least 4 members (excludes halogenated alkanes) is 2. The molecular formula is C17H24N2OS. The first kappa shape index (κ1) is 17.6. The van der Waals surface area contributed by atoms with Crippen LogP contribution in [0.15, 0.2) is 18.2 Å². The van der Waals surface area contributed by atoms with Gasteiger partial charge >= 0.3 is 0 Å². The van der Waals surface area contributed by atoms with E-state index in [0.29, 0.717) is 12.1 Å². The molecule has 1 amide bonds. The summed E-state index contributed by atoms with van der Waals surface area (Å²) in [6.45, 7) is 3.03. The summed E-state index contributed by atoms with van der Waals surface area (Å²) in [5.41, 5.74) is 7.97. The number of thioether (sulfide) groups is 1. The second kappa shape index (κ2) is 10.3. The summed E-state index contributed by atoms with van der Waals surface area (Å²) in [7, 11) is 0. The van der Waals surface area contributed by atoms with Gasteiger partial charge in [-0.25, -0.2) is 0 Å². The number of hydrogen-bond donors (Lipinski definition) is 2. The molecule has 0 aromatic heterocycles. The highest BCUT2D eigenvalue weighted by molar-refractivity contribution is 7.98. The number of hydrogen-bond acceptors (Lipinski definition) is 3. The van der Waals surface area contributed by atoms with Crippen molar-refractivity contribution in [3.05, 3.63) is 34.9 Å². The number of carbonyl (C=O) groups is 1. The fourth-order valence-corrected chi connectivity index (χ4v) is 2.39. The number of carbonyl (C=O) groups excluding carboxylic acids is 1. The van der Waals surface area contributed by atoms with Crippen molar-refractivity contribution in [1.82, 2.24) is 5.32 Å². The summed E-state index contributed by atoms with van der Waals surface area (Å²) < 4.78 is 0. The van der Waals surface area contributed by atoms with E-state index < -0.39 is 0 Å². The molecular weight excluding hydrogens is 280 g/mol. The minimum absolute atomic E-state index is 0.0318. The first-order chi connectivity index (χ1) is 10.2. The smallest absolute Gasteiger partial charge is 0.251 e. The first-order valence-electron chi connectivity index (χ1n) is 7.25. The maximum Gasteiger partial charge on any atom is 0.251 e. The minimum Gasteiger partial charge on any atom is -0.352 e. The van der Waals surface area contributed by atoms with Crippen LogP contribution < -0.4 is 11.1 Å². The molecule has 3 N–H and O–H groups in total. The highest BCUT2D eigenvalue weighted by Crippen LogP contribution is 2.10. The van der Waals surface area contributed by atoms with Gasteiger partial charge in [0, 0.05) is 17.7 Å². The van der Waals surface area contributed by atoms with E-state index >= 15 is 0 Å². The number of nitrogens with one attached hydrogen (secondary N) is 1. The van der Waals surface area contributed by atoms with Crippen LogP contribution in [0.3, 0.4) is 0 Å². The summed E-state index contributed by atoms with van der Waals surface area (Å²) in [6, 6.07) is 5.60. The lowest BCUT2D eigenvalue weighted by molar-refractivity contribution is 0.0953. The normalized spacial score (nSPS) is 9.86. The predicted octanol–water partition coefficient (Wildman–Crippen LogP) is 2.57. The van der Waals surface area contributed by atoms with E-state index in [4.69, 9.17) is 5.73 Å². The number of rotatable bonds is 7. The van der Waals surface area contributed by atoms with Crippen LogP contribution in [0.1, 0.15) is 40.7 Å². The number of benzene rings is 1. The van der Waals surface area contributed by atoms with Crippen molar-refractivity contribution < 1.29 is 4.79 Å². The van der Waals surface area contributed by atoms with Gasteiger partial charge in [0.15, 0.2) is 0 Å². The lowest BCUT2D eigenvalue weighted by Crippen LogP contribution is -2.24. The Morgan fingerprint density at radius 1 is 1.33 bits per heavy atom.